The van der Waals surface area contributed by atoms with Crippen LogP contribution in [0, 0.1) is 5.92 Å². The van der Waals surface area contributed by atoms with Crippen LogP contribution >= 0.6 is 0 Å². The fourth-order valence-electron chi connectivity index (χ4n) is 4.05. The molecule has 0 spiro atoms. The second-order valence-corrected chi connectivity index (χ2v) is 7.37. The molecule has 1 aliphatic heterocycles. The lowest BCUT2D eigenvalue weighted by Crippen LogP contribution is -2.40. The van der Waals surface area contributed by atoms with Gasteiger partial charge >= 0.3 is 5.97 Å². The Kier molecular flexibility index (Phi) is 4.84. The van der Waals surface area contributed by atoms with E-state index in [1.165, 1.54) is 0 Å². The van der Waals surface area contributed by atoms with Crippen molar-refractivity contribution in [2.75, 3.05) is 13.1 Å². The van der Waals surface area contributed by atoms with Crippen molar-refractivity contribution in [1.29, 1.82) is 0 Å². The molecule has 1 aromatic heterocycles. The summed E-state index contributed by atoms with van der Waals surface area (Å²) < 4.78 is 5.92. The number of carbonyl (C=O) groups excluding carboxylic acids is 1. The molecule has 5 heteroatoms. The Morgan fingerprint density at radius 1 is 1.15 bits per heavy atom. The van der Waals surface area contributed by atoms with Crippen molar-refractivity contribution >= 4 is 33.6 Å². The fourth-order valence-corrected chi connectivity index (χ4v) is 4.05. The average Bonchev–Trinajstić information content (AvgIpc) is 3.09. The summed E-state index contributed by atoms with van der Waals surface area (Å²) in [5, 5.41) is 12.2. The number of piperidine rings is 1. The van der Waals surface area contributed by atoms with Gasteiger partial charge in [-0.25, -0.2) is 0 Å². The lowest BCUT2D eigenvalue weighted by molar-refractivity contribution is -0.137. The number of carboxylic acid groups (broad SMARTS) is 1. The van der Waals surface area contributed by atoms with E-state index in [0.29, 0.717) is 18.7 Å². The van der Waals surface area contributed by atoms with Gasteiger partial charge in [-0.1, -0.05) is 30.3 Å². The number of nitrogens with zero attached hydrogens (tertiary/aromatic N) is 1. The second-order valence-electron chi connectivity index (χ2n) is 7.37. The van der Waals surface area contributed by atoms with E-state index in [4.69, 9.17) is 9.52 Å². The van der Waals surface area contributed by atoms with Gasteiger partial charge in [0, 0.05) is 24.9 Å². The average molecular weight is 365 g/mol. The maximum absolute atomic E-state index is 12.7. The molecule has 0 saturated carbocycles. The number of benzene rings is 2. The van der Waals surface area contributed by atoms with E-state index in [-0.39, 0.29) is 24.7 Å². The Morgan fingerprint density at radius 3 is 2.85 bits per heavy atom. The highest BCUT2D eigenvalue weighted by atomic mass is 16.4. The molecule has 1 N–H and O–H groups in total. The summed E-state index contributed by atoms with van der Waals surface area (Å²) in [6.07, 6.45) is 2.97. The molecule has 0 radical (unpaired) electrons. The van der Waals surface area contributed by atoms with Gasteiger partial charge in [-0.2, -0.15) is 0 Å². The van der Waals surface area contributed by atoms with Gasteiger partial charge in [0.1, 0.15) is 11.3 Å². The van der Waals surface area contributed by atoms with E-state index >= 15 is 0 Å². The molecule has 3 aromatic rings. The Labute approximate surface area is 157 Å². The van der Waals surface area contributed by atoms with Crippen LogP contribution in [0.1, 0.15) is 31.4 Å². The SMILES string of the molecule is O=C(O)CCC1CCCN(C(=O)Cc2cc3c(ccc4ccccc43)o2)C1. The smallest absolute Gasteiger partial charge is 0.303 e. The van der Waals surface area contributed by atoms with E-state index in [1.807, 2.05) is 35.2 Å². The monoisotopic (exact) mass is 365 g/mol. The predicted molar refractivity (Wildman–Crippen MR) is 104 cm³/mol. The summed E-state index contributed by atoms with van der Waals surface area (Å²) in [6, 6.07) is 14.1. The van der Waals surface area contributed by atoms with E-state index in [2.05, 4.69) is 12.1 Å². The number of fused-ring (bicyclic) bond motifs is 3. The maximum Gasteiger partial charge on any atom is 0.303 e. The zero-order valence-corrected chi connectivity index (χ0v) is 15.2. The first kappa shape index (κ1) is 17.6. The first-order valence-electron chi connectivity index (χ1n) is 9.50. The number of hydrogen-bond donors (Lipinski definition) is 1. The van der Waals surface area contributed by atoms with E-state index in [0.717, 1.165) is 41.1 Å². The highest BCUT2D eigenvalue weighted by Crippen LogP contribution is 2.29. The molecule has 27 heavy (non-hydrogen) atoms. The molecule has 0 bridgehead atoms. The van der Waals surface area contributed by atoms with Crippen molar-refractivity contribution in [3.05, 3.63) is 48.2 Å². The van der Waals surface area contributed by atoms with Crippen LogP contribution in [-0.4, -0.2) is 35.0 Å². The third-order valence-corrected chi connectivity index (χ3v) is 5.44. The van der Waals surface area contributed by atoms with Crippen LogP contribution in [0.5, 0.6) is 0 Å². The van der Waals surface area contributed by atoms with Gasteiger partial charge in [-0.05, 0) is 48.1 Å². The number of amides is 1. The number of carbonyl (C=O) groups is 2. The number of furan rings is 1. The Morgan fingerprint density at radius 2 is 2.00 bits per heavy atom. The van der Waals surface area contributed by atoms with Gasteiger partial charge in [-0.15, -0.1) is 0 Å². The lowest BCUT2D eigenvalue weighted by atomic mass is 9.93. The Hall–Kier alpha value is -2.82. The second kappa shape index (κ2) is 7.43. The Balaban J connectivity index is 1.47. The van der Waals surface area contributed by atoms with Gasteiger partial charge in [0.15, 0.2) is 0 Å². The maximum atomic E-state index is 12.7. The van der Waals surface area contributed by atoms with Crippen molar-refractivity contribution in [3.63, 3.8) is 0 Å². The van der Waals surface area contributed by atoms with Crippen LogP contribution in [0.4, 0.5) is 0 Å². The minimum atomic E-state index is -0.770. The molecule has 1 fully saturated rings. The van der Waals surface area contributed by atoms with E-state index in [9.17, 15) is 9.59 Å². The summed E-state index contributed by atoms with van der Waals surface area (Å²) in [7, 11) is 0. The molecule has 2 aromatic carbocycles. The molecule has 2 heterocycles. The van der Waals surface area contributed by atoms with Crippen LogP contribution in [0.25, 0.3) is 21.7 Å². The quantitative estimate of drug-likeness (QED) is 0.734. The highest BCUT2D eigenvalue weighted by molar-refractivity contribution is 6.06. The molecule has 4 rings (SSSR count). The summed E-state index contributed by atoms with van der Waals surface area (Å²) in [6.45, 7) is 1.39. The first-order valence-corrected chi connectivity index (χ1v) is 9.50. The molecule has 1 saturated heterocycles. The zero-order valence-electron chi connectivity index (χ0n) is 15.2. The number of carboxylic acids is 1. The molecule has 1 unspecified atom stereocenters. The van der Waals surface area contributed by atoms with Crippen molar-refractivity contribution in [3.8, 4) is 0 Å². The number of aliphatic carboxylic acids is 1. The van der Waals surface area contributed by atoms with Crippen LogP contribution in [0.2, 0.25) is 0 Å². The number of likely N-dealkylation sites (tertiary alicyclic amines) is 1. The van der Waals surface area contributed by atoms with Crippen LogP contribution in [-0.2, 0) is 16.0 Å². The molecular formula is C22H23NO4. The number of rotatable bonds is 5. The Bertz CT molecular complexity index is 990. The van der Waals surface area contributed by atoms with Gasteiger partial charge < -0.3 is 14.4 Å². The van der Waals surface area contributed by atoms with Gasteiger partial charge in [0.25, 0.3) is 0 Å². The molecule has 1 amide bonds. The highest BCUT2D eigenvalue weighted by Gasteiger charge is 2.25. The molecule has 1 aliphatic rings. The van der Waals surface area contributed by atoms with Crippen molar-refractivity contribution in [2.45, 2.75) is 32.1 Å². The third-order valence-electron chi connectivity index (χ3n) is 5.44. The molecular weight excluding hydrogens is 342 g/mol. The molecule has 140 valence electrons. The standard InChI is InChI=1S/C22H23NO4/c24-21(23-11-3-4-15(14-23)7-10-22(25)26)13-17-12-19-18-6-2-1-5-16(18)8-9-20(19)27-17/h1-2,5-6,8-9,12,15H,3-4,7,10-11,13-14H2,(H,25,26). The van der Waals surface area contributed by atoms with Crippen LogP contribution < -0.4 is 0 Å². The molecule has 1 atom stereocenters. The predicted octanol–water partition coefficient (Wildman–Crippen LogP) is 4.23. The van der Waals surface area contributed by atoms with Gasteiger partial charge in [0.05, 0.1) is 6.42 Å². The zero-order chi connectivity index (χ0) is 18.8. The summed E-state index contributed by atoms with van der Waals surface area (Å²) in [5.74, 6) is 0.240. The molecule has 0 aliphatic carbocycles. The molecule has 5 nitrogen and oxygen atoms in total. The largest absolute Gasteiger partial charge is 0.481 e. The minimum Gasteiger partial charge on any atom is -0.481 e. The van der Waals surface area contributed by atoms with Crippen molar-refractivity contribution in [2.24, 2.45) is 5.92 Å². The van der Waals surface area contributed by atoms with Crippen LogP contribution in [0.15, 0.2) is 46.9 Å². The van der Waals surface area contributed by atoms with Gasteiger partial charge in [0.2, 0.25) is 5.91 Å². The third kappa shape index (κ3) is 3.82. The number of hydrogen-bond acceptors (Lipinski definition) is 3. The van der Waals surface area contributed by atoms with E-state index in [1.54, 1.807) is 0 Å². The van der Waals surface area contributed by atoms with Gasteiger partial charge in [-0.3, -0.25) is 9.59 Å². The van der Waals surface area contributed by atoms with E-state index < -0.39 is 5.97 Å². The fraction of sp³-hybridized carbons (Fsp3) is 0.364. The first-order chi connectivity index (χ1) is 13.1. The normalized spacial score (nSPS) is 17.5. The summed E-state index contributed by atoms with van der Waals surface area (Å²) in [4.78, 5) is 25.4. The lowest BCUT2D eigenvalue weighted by Gasteiger charge is -2.32. The summed E-state index contributed by atoms with van der Waals surface area (Å²) in [5.41, 5.74) is 0.800. The topological polar surface area (TPSA) is 70.8 Å². The van der Waals surface area contributed by atoms with Crippen molar-refractivity contribution < 1.29 is 19.1 Å². The summed E-state index contributed by atoms with van der Waals surface area (Å²) >= 11 is 0. The van der Waals surface area contributed by atoms with Crippen molar-refractivity contribution in [1.82, 2.24) is 4.90 Å². The minimum absolute atomic E-state index is 0.0541. The van der Waals surface area contributed by atoms with Crippen LogP contribution in [0.3, 0.4) is 0 Å².